The molecule has 0 unspecified atom stereocenters. The third kappa shape index (κ3) is 6.87. The number of ketones is 1. The summed E-state index contributed by atoms with van der Waals surface area (Å²) in [6, 6.07) is 14.2. The molecule has 1 amide bonds. The second-order valence-corrected chi connectivity index (χ2v) is 6.52. The molecule has 2 aromatic rings. The normalized spacial score (nSPS) is 11.4. The highest BCUT2D eigenvalue weighted by Crippen LogP contribution is 2.13. The van der Waals surface area contributed by atoms with E-state index in [-0.39, 0.29) is 12.2 Å². The Balaban J connectivity index is 1.69. The fourth-order valence-electron chi connectivity index (χ4n) is 2.38. The smallest absolute Gasteiger partial charge is 0.306 e. The minimum absolute atomic E-state index is 0.0495. The number of carbonyl (C=O) groups excluding carboxylic acids is 3. The lowest BCUT2D eigenvalue weighted by atomic mass is 10.1. The van der Waals surface area contributed by atoms with Crippen molar-refractivity contribution in [2.24, 2.45) is 0 Å². The number of hydrogen-bond acceptors (Lipinski definition) is 5. The van der Waals surface area contributed by atoms with Gasteiger partial charge < -0.3 is 14.8 Å². The molecule has 0 heterocycles. The fraction of sp³-hybridized carbons (Fsp3) is 0.318. The Morgan fingerprint density at radius 3 is 2.25 bits per heavy atom. The van der Waals surface area contributed by atoms with E-state index in [1.165, 1.54) is 13.8 Å². The van der Waals surface area contributed by atoms with Crippen molar-refractivity contribution >= 4 is 23.3 Å². The summed E-state index contributed by atoms with van der Waals surface area (Å²) in [5.74, 6) is -0.184. The Kier molecular flexibility index (Phi) is 7.75. The second-order valence-electron chi connectivity index (χ2n) is 6.52. The molecule has 0 saturated heterocycles. The SMILES string of the molecule is CC(=O)c1ccc(NC(=O)[C@@H](C)OC(=O)CCCOc2ccc(C)cc2)cc1. The lowest BCUT2D eigenvalue weighted by molar-refractivity contribution is -0.153. The van der Waals surface area contributed by atoms with E-state index in [2.05, 4.69) is 5.32 Å². The van der Waals surface area contributed by atoms with Crippen LogP contribution in [-0.2, 0) is 14.3 Å². The van der Waals surface area contributed by atoms with Crippen LogP contribution in [0, 0.1) is 6.92 Å². The van der Waals surface area contributed by atoms with Crippen molar-refractivity contribution in [1.29, 1.82) is 0 Å². The predicted molar refractivity (Wildman–Crippen MR) is 107 cm³/mol. The highest BCUT2D eigenvalue weighted by Gasteiger charge is 2.17. The standard InChI is InChI=1S/C22H25NO5/c1-15-6-12-20(13-7-15)27-14-4-5-21(25)28-17(3)22(26)23-19-10-8-18(9-11-19)16(2)24/h6-13,17H,4-5,14H2,1-3H3,(H,23,26)/t17-/m1/s1. The summed E-state index contributed by atoms with van der Waals surface area (Å²) < 4.78 is 10.7. The zero-order valence-electron chi connectivity index (χ0n) is 16.4. The van der Waals surface area contributed by atoms with E-state index in [0.717, 1.165) is 11.3 Å². The molecule has 2 aromatic carbocycles. The molecule has 1 atom stereocenters. The largest absolute Gasteiger partial charge is 0.494 e. The number of Topliss-reactive ketones (excluding diaryl/α,β-unsaturated/α-hetero) is 1. The summed E-state index contributed by atoms with van der Waals surface area (Å²) in [6.45, 7) is 5.38. The lowest BCUT2D eigenvalue weighted by Crippen LogP contribution is -2.30. The van der Waals surface area contributed by atoms with E-state index in [1.807, 2.05) is 31.2 Å². The van der Waals surface area contributed by atoms with Crippen molar-refractivity contribution in [3.63, 3.8) is 0 Å². The van der Waals surface area contributed by atoms with E-state index in [4.69, 9.17) is 9.47 Å². The number of hydrogen-bond donors (Lipinski definition) is 1. The van der Waals surface area contributed by atoms with Crippen LogP contribution in [0.3, 0.4) is 0 Å². The fourth-order valence-corrected chi connectivity index (χ4v) is 2.38. The van der Waals surface area contributed by atoms with Crippen LogP contribution in [0.15, 0.2) is 48.5 Å². The first-order valence-corrected chi connectivity index (χ1v) is 9.16. The van der Waals surface area contributed by atoms with Crippen molar-refractivity contribution in [3.05, 3.63) is 59.7 Å². The molecule has 6 heteroatoms. The zero-order chi connectivity index (χ0) is 20.5. The highest BCUT2D eigenvalue weighted by molar-refractivity contribution is 5.97. The van der Waals surface area contributed by atoms with Crippen molar-refractivity contribution in [1.82, 2.24) is 0 Å². The molecule has 28 heavy (non-hydrogen) atoms. The minimum atomic E-state index is -0.919. The van der Waals surface area contributed by atoms with Gasteiger partial charge in [0.05, 0.1) is 6.61 Å². The average Bonchev–Trinajstić information content (AvgIpc) is 2.67. The molecule has 6 nitrogen and oxygen atoms in total. The monoisotopic (exact) mass is 383 g/mol. The van der Waals surface area contributed by atoms with Crippen molar-refractivity contribution in [2.75, 3.05) is 11.9 Å². The van der Waals surface area contributed by atoms with Gasteiger partial charge in [0.25, 0.3) is 5.91 Å². The van der Waals surface area contributed by atoms with Crippen LogP contribution in [0.4, 0.5) is 5.69 Å². The summed E-state index contributed by atoms with van der Waals surface area (Å²) >= 11 is 0. The third-order valence-corrected chi connectivity index (χ3v) is 4.05. The summed E-state index contributed by atoms with van der Waals surface area (Å²) in [5.41, 5.74) is 2.24. The van der Waals surface area contributed by atoms with E-state index < -0.39 is 18.0 Å². The Hall–Kier alpha value is -3.15. The molecule has 0 bridgehead atoms. The summed E-state index contributed by atoms with van der Waals surface area (Å²) in [5, 5.41) is 2.65. The number of nitrogens with one attached hydrogen (secondary N) is 1. The van der Waals surface area contributed by atoms with Gasteiger partial charge in [0.1, 0.15) is 5.75 Å². The van der Waals surface area contributed by atoms with Gasteiger partial charge in [-0.1, -0.05) is 17.7 Å². The number of esters is 1. The van der Waals surface area contributed by atoms with E-state index in [1.54, 1.807) is 24.3 Å². The maximum absolute atomic E-state index is 12.1. The van der Waals surface area contributed by atoms with Gasteiger partial charge in [-0.15, -0.1) is 0 Å². The Labute approximate surface area is 164 Å². The van der Waals surface area contributed by atoms with Gasteiger partial charge >= 0.3 is 5.97 Å². The van der Waals surface area contributed by atoms with Gasteiger partial charge in [0.2, 0.25) is 0 Å². The number of rotatable bonds is 9. The van der Waals surface area contributed by atoms with Crippen molar-refractivity contribution < 1.29 is 23.9 Å². The maximum atomic E-state index is 12.1. The number of benzene rings is 2. The number of ether oxygens (including phenoxy) is 2. The Morgan fingerprint density at radius 2 is 1.64 bits per heavy atom. The van der Waals surface area contributed by atoms with Gasteiger partial charge in [-0.25, -0.2) is 0 Å². The van der Waals surface area contributed by atoms with Crippen LogP contribution in [-0.4, -0.2) is 30.4 Å². The molecule has 0 aliphatic rings. The van der Waals surface area contributed by atoms with E-state index in [9.17, 15) is 14.4 Å². The summed E-state index contributed by atoms with van der Waals surface area (Å²) in [7, 11) is 0. The molecule has 0 radical (unpaired) electrons. The molecule has 0 aliphatic heterocycles. The van der Waals surface area contributed by atoms with E-state index in [0.29, 0.717) is 24.3 Å². The third-order valence-electron chi connectivity index (χ3n) is 4.05. The molecule has 1 N–H and O–H groups in total. The molecule has 0 fully saturated rings. The van der Waals surface area contributed by atoms with Crippen LogP contribution < -0.4 is 10.1 Å². The first kappa shape index (κ1) is 21.2. The first-order chi connectivity index (χ1) is 13.3. The second kappa shape index (κ2) is 10.3. The summed E-state index contributed by atoms with van der Waals surface area (Å²) in [4.78, 5) is 35.3. The number of amides is 1. The number of anilines is 1. The van der Waals surface area contributed by atoms with Crippen LogP contribution in [0.25, 0.3) is 0 Å². The van der Waals surface area contributed by atoms with Gasteiger partial charge in [0.15, 0.2) is 11.9 Å². The molecule has 0 saturated carbocycles. The quantitative estimate of drug-likeness (QED) is 0.403. The molecule has 2 rings (SSSR count). The van der Waals surface area contributed by atoms with Crippen LogP contribution >= 0.6 is 0 Å². The first-order valence-electron chi connectivity index (χ1n) is 9.16. The average molecular weight is 383 g/mol. The van der Waals surface area contributed by atoms with E-state index >= 15 is 0 Å². The van der Waals surface area contributed by atoms with Crippen LogP contribution in [0.5, 0.6) is 5.75 Å². The van der Waals surface area contributed by atoms with Gasteiger partial charge in [-0.05, 0) is 63.6 Å². The number of aryl methyl sites for hydroxylation is 1. The van der Waals surface area contributed by atoms with Crippen LogP contribution in [0.1, 0.15) is 42.6 Å². The molecule has 0 aromatic heterocycles. The predicted octanol–water partition coefficient (Wildman–Crippen LogP) is 3.93. The Bertz CT molecular complexity index is 812. The molecular formula is C22H25NO5. The minimum Gasteiger partial charge on any atom is -0.494 e. The number of carbonyl (C=O) groups is 3. The highest BCUT2D eigenvalue weighted by atomic mass is 16.5. The zero-order valence-corrected chi connectivity index (χ0v) is 16.4. The van der Waals surface area contributed by atoms with Crippen molar-refractivity contribution in [2.45, 2.75) is 39.7 Å². The summed E-state index contributed by atoms with van der Waals surface area (Å²) in [6.07, 6.45) is -0.261. The molecule has 0 spiro atoms. The van der Waals surface area contributed by atoms with Crippen molar-refractivity contribution in [3.8, 4) is 5.75 Å². The van der Waals surface area contributed by atoms with Gasteiger partial charge in [0, 0.05) is 17.7 Å². The Morgan fingerprint density at radius 1 is 1.00 bits per heavy atom. The maximum Gasteiger partial charge on any atom is 0.306 e. The van der Waals surface area contributed by atoms with Gasteiger partial charge in [-0.3, -0.25) is 14.4 Å². The topological polar surface area (TPSA) is 81.7 Å². The lowest BCUT2D eigenvalue weighted by Gasteiger charge is -2.14. The molecule has 0 aliphatic carbocycles. The van der Waals surface area contributed by atoms with Crippen LogP contribution in [0.2, 0.25) is 0 Å². The van der Waals surface area contributed by atoms with Gasteiger partial charge in [-0.2, -0.15) is 0 Å². The molecular weight excluding hydrogens is 358 g/mol. The molecule has 148 valence electrons.